The number of carbonyl (C=O) groups is 3. The zero-order chi connectivity index (χ0) is 23.4. The summed E-state index contributed by atoms with van der Waals surface area (Å²) in [6.45, 7) is 2.12. The first-order chi connectivity index (χ1) is 16.6. The van der Waals surface area contributed by atoms with E-state index in [0.29, 0.717) is 17.6 Å². The van der Waals surface area contributed by atoms with Crippen LogP contribution in [-0.2, 0) is 27.2 Å². The van der Waals surface area contributed by atoms with E-state index >= 15 is 0 Å². The number of likely N-dealkylation sites (tertiary alicyclic amines) is 1. The predicted molar refractivity (Wildman–Crippen MR) is 127 cm³/mol. The molecule has 2 aromatic carbocycles. The second-order valence-electron chi connectivity index (χ2n) is 10.2. The molecule has 2 aromatic rings. The van der Waals surface area contributed by atoms with Crippen LogP contribution in [0.1, 0.15) is 30.9 Å². The van der Waals surface area contributed by atoms with Crippen LogP contribution in [0.5, 0.6) is 5.75 Å². The molecule has 0 spiro atoms. The van der Waals surface area contributed by atoms with Crippen molar-refractivity contribution in [1.82, 2.24) is 4.90 Å². The van der Waals surface area contributed by atoms with Gasteiger partial charge in [-0.05, 0) is 59.8 Å². The van der Waals surface area contributed by atoms with Crippen LogP contribution in [0, 0.1) is 35.5 Å². The molecule has 34 heavy (non-hydrogen) atoms. The molecular formula is C29H29NO4. The fraction of sp³-hybridized carbons (Fsp3) is 0.414. The second-order valence-corrected chi connectivity index (χ2v) is 10.2. The summed E-state index contributed by atoms with van der Waals surface area (Å²) in [5.41, 5.74) is 2.07. The highest BCUT2D eigenvalue weighted by Gasteiger charge is 2.68. The van der Waals surface area contributed by atoms with Gasteiger partial charge in [0.25, 0.3) is 0 Å². The Labute approximate surface area is 199 Å². The van der Waals surface area contributed by atoms with Gasteiger partial charge in [-0.25, -0.2) is 4.79 Å². The predicted octanol–water partition coefficient (Wildman–Crippen LogP) is 4.21. The number of hydrogen-bond acceptors (Lipinski definition) is 4. The summed E-state index contributed by atoms with van der Waals surface area (Å²) in [6, 6.07) is 16.0. The van der Waals surface area contributed by atoms with E-state index in [4.69, 9.17) is 4.74 Å². The number of carbonyl (C=O) groups excluding carboxylic acids is 3. The number of allylic oxidation sites excluding steroid dienone is 2. The van der Waals surface area contributed by atoms with Gasteiger partial charge >= 0.3 is 5.97 Å². The van der Waals surface area contributed by atoms with Crippen molar-refractivity contribution in [2.75, 3.05) is 0 Å². The van der Waals surface area contributed by atoms with Gasteiger partial charge in [0.15, 0.2) is 0 Å². The summed E-state index contributed by atoms with van der Waals surface area (Å²) < 4.78 is 5.74. The first-order valence-electron chi connectivity index (χ1n) is 12.5. The molecule has 0 unspecified atom stereocenters. The lowest BCUT2D eigenvalue weighted by Crippen LogP contribution is -2.48. The van der Waals surface area contributed by atoms with E-state index in [-0.39, 0.29) is 41.9 Å². The van der Waals surface area contributed by atoms with Crippen LogP contribution < -0.4 is 4.74 Å². The van der Waals surface area contributed by atoms with Gasteiger partial charge < -0.3 is 4.74 Å². The molecule has 174 valence electrons. The number of rotatable bonds is 7. The van der Waals surface area contributed by atoms with E-state index in [9.17, 15) is 14.4 Å². The minimum atomic E-state index is -0.973. The summed E-state index contributed by atoms with van der Waals surface area (Å²) in [5.74, 6) is 0.119. The molecule has 2 saturated carbocycles. The molecule has 7 atom stereocenters. The molecule has 4 aliphatic carbocycles. The molecule has 1 saturated heterocycles. The van der Waals surface area contributed by atoms with E-state index in [0.717, 1.165) is 24.8 Å². The maximum Gasteiger partial charge on any atom is 0.335 e. The molecule has 0 N–H and O–H groups in total. The third kappa shape index (κ3) is 3.41. The second kappa shape index (κ2) is 8.23. The number of benzene rings is 2. The number of amides is 2. The Balaban J connectivity index is 1.29. The molecule has 2 amide bonds. The molecule has 5 nitrogen and oxygen atoms in total. The molecule has 1 heterocycles. The number of hydrogen-bond donors (Lipinski definition) is 0. The van der Waals surface area contributed by atoms with E-state index < -0.39 is 12.0 Å². The lowest BCUT2D eigenvalue weighted by Gasteiger charge is -2.37. The third-order valence-corrected chi connectivity index (χ3v) is 8.23. The van der Waals surface area contributed by atoms with Crippen LogP contribution in [0.2, 0.25) is 0 Å². The molecular weight excluding hydrogens is 426 g/mol. The van der Waals surface area contributed by atoms with Crippen LogP contribution in [-0.4, -0.2) is 28.7 Å². The Kier molecular flexibility index (Phi) is 5.16. The minimum absolute atomic E-state index is 0.126. The topological polar surface area (TPSA) is 63.7 Å². The molecule has 0 radical (unpaired) electrons. The first kappa shape index (κ1) is 21.3. The summed E-state index contributed by atoms with van der Waals surface area (Å²) in [7, 11) is 0. The highest BCUT2D eigenvalue weighted by Crippen LogP contribution is 2.65. The van der Waals surface area contributed by atoms with Crippen molar-refractivity contribution in [3.05, 3.63) is 77.9 Å². The highest BCUT2D eigenvalue weighted by atomic mass is 16.5. The Hall–Kier alpha value is -3.21. The monoisotopic (exact) mass is 455 g/mol. The van der Waals surface area contributed by atoms with Gasteiger partial charge in [-0.1, -0.05) is 68.0 Å². The van der Waals surface area contributed by atoms with E-state index in [2.05, 4.69) is 19.1 Å². The molecule has 0 aromatic heterocycles. The smallest absolute Gasteiger partial charge is 0.335 e. The largest absolute Gasteiger partial charge is 0.425 e. The Morgan fingerprint density at radius 3 is 2.12 bits per heavy atom. The van der Waals surface area contributed by atoms with Gasteiger partial charge in [-0.15, -0.1) is 0 Å². The van der Waals surface area contributed by atoms with Crippen molar-refractivity contribution in [2.45, 2.75) is 38.6 Å². The average Bonchev–Trinajstić information content (AvgIpc) is 3.63. The average molecular weight is 456 g/mol. The fourth-order valence-corrected chi connectivity index (χ4v) is 6.60. The standard InChI is InChI=1S/C29H29NO4/c1-2-6-17-9-11-19(12-10-17)34-29(33)24(15-18-7-4-3-5-8-18)30-27(31)25-20-13-14-21(23-16-22(20)23)26(25)28(30)32/h3-5,7-14,20-26H,2,6,15-16H2,1H3/t20-,21-,22-,23-,24-,25-,26+/m0/s1. The Morgan fingerprint density at radius 1 is 0.912 bits per heavy atom. The van der Waals surface area contributed by atoms with Crippen molar-refractivity contribution in [3.63, 3.8) is 0 Å². The van der Waals surface area contributed by atoms with Gasteiger partial charge in [0.1, 0.15) is 11.8 Å². The van der Waals surface area contributed by atoms with Crippen molar-refractivity contribution in [2.24, 2.45) is 35.5 Å². The number of aryl methyl sites for hydroxylation is 1. The highest BCUT2D eigenvalue weighted by molar-refractivity contribution is 6.09. The van der Waals surface area contributed by atoms with Gasteiger partial charge in [0.05, 0.1) is 11.8 Å². The third-order valence-electron chi connectivity index (χ3n) is 8.23. The first-order valence-corrected chi connectivity index (χ1v) is 12.5. The summed E-state index contributed by atoms with van der Waals surface area (Å²) in [6.07, 6.45) is 7.66. The van der Waals surface area contributed by atoms with E-state index in [1.165, 1.54) is 10.5 Å². The minimum Gasteiger partial charge on any atom is -0.425 e. The van der Waals surface area contributed by atoms with Crippen LogP contribution >= 0.6 is 0 Å². The molecule has 3 fully saturated rings. The number of imide groups is 1. The van der Waals surface area contributed by atoms with Gasteiger partial charge in [-0.3, -0.25) is 14.5 Å². The maximum absolute atomic E-state index is 13.7. The van der Waals surface area contributed by atoms with Gasteiger partial charge in [0, 0.05) is 6.42 Å². The Bertz CT molecular complexity index is 1120. The molecule has 5 aliphatic rings. The molecule has 2 bridgehead atoms. The summed E-state index contributed by atoms with van der Waals surface area (Å²) >= 11 is 0. The van der Waals surface area contributed by atoms with Gasteiger partial charge in [0.2, 0.25) is 11.8 Å². The zero-order valence-electron chi connectivity index (χ0n) is 19.3. The SMILES string of the molecule is CCCc1ccc(OC(=O)[C@H](Cc2ccccc2)N2C(=O)[C@@H]3[C@H]4C=C[C@@H]([C@@H]5C[C@@H]45)[C@@H]3C2=O)cc1. The van der Waals surface area contributed by atoms with E-state index in [1.807, 2.05) is 42.5 Å². The maximum atomic E-state index is 13.7. The normalized spacial score (nSPS) is 31.3. The van der Waals surface area contributed by atoms with E-state index in [1.54, 1.807) is 12.1 Å². The summed E-state index contributed by atoms with van der Waals surface area (Å²) in [5, 5.41) is 0. The van der Waals surface area contributed by atoms with Crippen LogP contribution in [0.25, 0.3) is 0 Å². The quantitative estimate of drug-likeness (QED) is 0.272. The number of esters is 1. The lowest BCUT2D eigenvalue weighted by molar-refractivity contribution is -0.153. The van der Waals surface area contributed by atoms with Gasteiger partial charge in [-0.2, -0.15) is 0 Å². The van der Waals surface area contributed by atoms with Crippen molar-refractivity contribution >= 4 is 17.8 Å². The lowest BCUT2D eigenvalue weighted by atomic mass is 9.63. The Morgan fingerprint density at radius 2 is 1.53 bits per heavy atom. The van der Waals surface area contributed by atoms with Crippen LogP contribution in [0.4, 0.5) is 0 Å². The molecule has 5 heteroatoms. The number of nitrogens with zero attached hydrogens (tertiary/aromatic N) is 1. The van der Waals surface area contributed by atoms with Crippen LogP contribution in [0.3, 0.4) is 0 Å². The molecule has 7 rings (SSSR count). The zero-order valence-corrected chi connectivity index (χ0v) is 19.3. The summed E-state index contributed by atoms with van der Waals surface area (Å²) in [4.78, 5) is 42.1. The fourth-order valence-electron chi connectivity index (χ4n) is 6.60. The number of ether oxygens (including phenoxy) is 1. The van der Waals surface area contributed by atoms with Crippen molar-refractivity contribution < 1.29 is 19.1 Å². The van der Waals surface area contributed by atoms with Crippen LogP contribution in [0.15, 0.2) is 66.7 Å². The van der Waals surface area contributed by atoms with Crippen molar-refractivity contribution in [1.29, 1.82) is 0 Å². The molecule has 1 aliphatic heterocycles. The van der Waals surface area contributed by atoms with Crippen molar-refractivity contribution in [3.8, 4) is 5.75 Å².